The summed E-state index contributed by atoms with van der Waals surface area (Å²) in [5.41, 5.74) is -0.323. The van der Waals surface area contributed by atoms with Gasteiger partial charge in [0, 0.05) is 48.9 Å². The van der Waals surface area contributed by atoms with Crippen molar-refractivity contribution in [3.63, 3.8) is 0 Å². The van der Waals surface area contributed by atoms with Gasteiger partial charge in [0.1, 0.15) is 17.4 Å². The van der Waals surface area contributed by atoms with Crippen molar-refractivity contribution in [2.24, 2.45) is 5.92 Å². The molecule has 0 unspecified atom stereocenters. The molecule has 0 fully saturated rings. The Balaban J connectivity index is 0.00000320. The van der Waals surface area contributed by atoms with Crippen LogP contribution in [0.15, 0.2) is 22.2 Å². The Bertz CT molecular complexity index is 1070. The van der Waals surface area contributed by atoms with Gasteiger partial charge in [0.2, 0.25) is 5.91 Å². The van der Waals surface area contributed by atoms with Crippen molar-refractivity contribution in [3.05, 3.63) is 39.7 Å². The van der Waals surface area contributed by atoms with E-state index in [1.165, 1.54) is 35.5 Å². The molecule has 0 saturated heterocycles. The van der Waals surface area contributed by atoms with E-state index >= 15 is 0 Å². The molecular formula is C20H24FN5O2S2. The lowest BCUT2D eigenvalue weighted by atomic mass is 9.90. The van der Waals surface area contributed by atoms with Gasteiger partial charge < -0.3 is 5.32 Å². The molecule has 0 aromatic carbocycles. The van der Waals surface area contributed by atoms with Crippen molar-refractivity contribution in [1.29, 1.82) is 5.26 Å². The summed E-state index contributed by atoms with van der Waals surface area (Å²) in [5, 5.41) is 12.8. The average molecular weight is 450 g/mol. The molecule has 1 atom stereocenters. The van der Waals surface area contributed by atoms with Crippen LogP contribution in [-0.4, -0.2) is 32.7 Å². The summed E-state index contributed by atoms with van der Waals surface area (Å²) in [5.74, 6) is 0.0979. The van der Waals surface area contributed by atoms with Gasteiger partial charge in [0.15, 0.2) is 5.16 Å². The van der Waals surface area contributed by atoms with E-state index in [-0.39, 0.29) is 36.6 Å². The number of hydrogen-bond acceptors (Lipinski definition) is 6. The Morgan fingerprint density at radius 3 is 2.73 bits per heavy atom. The largest absolute Gasteiger partial charge is 0.356 e. The van der Waals surface area contributed by atoms with E-state index in [4.69, 9.17) is 0 Å². The third kappa shape index (κ3) is 4.84. The number of carbonyl (C=O) groups excluding carboxylic acids is 1. The van der Waals surface area contributed by atoms with Crippen LogP contribution < -0.4 is 10.9 Å². The zero-order chi connectivity index (χ0) is 21.3. The van der Waals surface area contributed by atoms with Crippen LogP contribution in [0.2, 0.25) is 0 Å². The van der Waals surface area contributed by atoms with Crippen LogP contribution in [0.3, 0.4) is 0 Å². The highest BCUT2D eigenvalue weighted by molar-refractivity contribution is 7.99. The summed E-state index contributed by atoms with van der Waals surface area (Å²) in [6, 6.07) is 3.19. The minimum Gasteiger partial charge on any atom is -0.356 e. The minimum absolute atomic E-state index is 0. The minimum atomic E-state index is -0.499. The number of nitrogens with zero attached hydrogens (tertiary/aromatic N) is 4. The van der Waals surface area contributed by atoms with Crippen molar-refractivity contribution in [1.82, 2.24) is 19.9 Å². The number of amides is 1. The highest BCUT2D eigenvalue weighted by Gasteiger charge is 2.27. The highest BCUT2D eigenvalue weighted by Crippen LogP contribution is 2.30. The molecule has 2 aromatic rings. The smallest absolute Gasteiger partial charge is 0.272 e. The molecule has 0 saturated carbocycles. The van der Waals surface area contributed by atoms with Gasteiger partial charge in [-0.1, -0.05) is 32.5 Å². The molecule has 3 rings (SSSR count). The van der Waals surface area contributed by atoms with E-state index in [2.05, 4.69) is 15.3 Å². The van der Waals surface area contributed by atoms with E-state index in [0.29, 0.717) is 35.3 Å². The van der Waals surface area contributed by atoms with Crippen LogP contribution in [0.5, 0.6) is 0 Å². The van der Waals surface area contributed by atoms with Crippen LogP contribution in [0, 0.1) is 23.1 Å². The summed E-state index contributed by atoms with van der Waals surface area (Å²) in [6.45, 7) is 7.82. The Morgan fingerprint density at radius 1 is 1.47 bits per heavy atom. The number of aromatic nitrogens is 3. The van der Waals surface area contributed by atoms with Crippen molar-refractivity contribution in [3.8, 4) is 17.3 Å². The first-order valence-electron chi connectivity index (χ1n) is 9.20. The van der Waals surface area contributed by atoms with Gasteiger partial charge >= 0.3 is 0 Å². The van der Waals surface area contributed by atoms with Crippen LogP contribution in [0.25, 0.3) is 11.3 Å². The van der Waals surface area contributed by atoms with Crippen LogP contribution in [0.1, 0.15) is 39.0 Å². The molecule has 1 aliphatic rings. The van der Waals surface area contributed by atoms with Crippen LogP contribution in [0.4, 0.5) is 4.39 Å². The fourth-order valence-corrected chi connectivity index (χ4v) is 4.23. The third-order valence-corrected chi connectivity index (χ3v) is 5.81. The molecule has 7 nitrogen and oxygen atoms in total. The summed E-state index contributed by atoms with van der Waals surface area (Å²) in [4.78, 5) is 32.8. The quantitative estimate of drug-likeness (QED) is 0.723. The van der Waals surface area contributed by atoms with E-state index in [0.717, 1.165) is 0 Å². The number of rotatable bonds is 3. The maximum absolute atomic E-state index is 14.6. The fraction of sp³-hybridized carbons (Fsp3) is 0.450. The van der Waals surface area contributed by atoms with Gasteiger partial charge in [-0.25, -0.2) is 9.37 Å². The predicted octanol–water partition coefficient (Wildman–Crippen LogP) is 2.58. The molecule has 1 amide bonds. The van der Waals surface area contributed by atoms with E-state index in [9.17, 15) is 19.2 Å². The fourth-order valence-electron chi connectivity index (χ4n) is 3.15. The molecule has 2 aromatic heterocycles. The summed E-state index contributed by atoms with van der Waals surface area (Å²) >= 11 is 1.38. The standard InChI is InChI=1S/C20H22FN5O2S.H2S/c1-11(27)23-7-12-9-26-18(28)14(6-22)16(25-19(26)29-10-12)13-5-15(21)17(24-8-13)20(2,3)4;/h5,8,12H,7,9-10H2,1-4H3,(H,23,27);1H2/t12-;/m0./s1. The second kappa shape index (κ2) is 9.18. The number of nitrogens with one attached hydrogen (secondary N) is 1. The molecule has 160 valence electrons. The number of halogens is 1. The van der Waals surface area contributed by atoms with Gasteiger partial charge in [-0.05, 0) is 6.07 Å². The number of pyridine rings is 1. The molecule has 3 heterocycles. The van der Waals surface area contributed by atoms with E-state index in [1.54, 1.807) is 0 Å². The van der Waals surface area contributed by atoms with Crippen LogP contribution >= 0.6 is 25.3 Å². The molecule has 1 aliphatic heterocycles. The van der Waals surface area contributed by atoms with Crippen molar-refractivity contribution >= 4 is 31.2 Å². The number of carbonyl (C=O) groups is 1. The number of hydrogen-bond donors (Lipinski definition) is 1. The number of nitriles is 1. The average Bonchev–Trinajstić information content (AvgIpc) is 2.65. The molecule has 0 bridgehead atoms. The van der Waals surface area contributed by atoms with E-state index in [1.807, 2.05) is 26.8 Å². The van der Waals surface area contributed by atoms with E-state index < -0.39 is 16.8 Å². The van der Waals surface area contributed by atoms with Crippen molar-refractivity contribution in [2.75, 3.05) is 12.3 Å². The Hall–Kier alpha value is -2.38. The Labute approximate surface area is 185 Å². The first kappa shape index (κ1) is 23.9. The first-order chi connectivity index (χ1) is 13.6. The second-order valence-electron chi connectivity index (χ2n) is 8.06. The molecule has 1 N–H and O–H groups in total. The van der Waals surface area contributed by atoms with Crippen LogP contribution in [-0.2, 0) is 16.8 Å². The van der Waals surface area contributed by atoms with Gasteiger partial charge in [0.05, 0.1) is 11.4 Å². The topological polar surface area (TPSA) is 101 Å². The SMILES string of the molecule is CC(=O)NC[C@@H]1CSc2nc(-c3cnc(C(C)(C)C)c(F)c3)c(C#N)c(=O)n2C1.S. The summed E-state index contributed by atoms with van der Waals surface area (Å²) < 4.78 is 16.1. The molecule has 10 heteroatoms. The Kier molecular flexibility index (Phi) is 7.31. The zero-order valence-corrected chi connectivity index (χ0v) is 19.1. The van der Waals surface area contributed by atoms with Gasteiger partial charge in [0.25, 0.3) is 5.56 Å². The normalized spacial score (nSPS) is 15.5. The van der Waals surface area contributed by atoms with Crippen molar-refractivity contribution in [2.45, 2.75) is 44.8 Å². The molecule has 30 heavy (non-hydrogen) atoms. The van der Waals surface area contributed by atoms with Crippen molar-refractivity contribution < 1.29 is 9.18 Å². The first-order valence-corrected chi connectivity index (χ1v) is 10.2. The summed E-state index contributed by atoms with van der Waals surface area (Å²) in [7, 11) is 0. The number of fused-ring (bicyclic) bond motifs is 1. The number of thioether (sulfide) groups is 1. The molecule has 0 radical (unpaired) electrons. The molecule has 0 spiro atoms. The monoisotopic (exact) mass is 449 g/mol. The van der Waals surface area contributed by atoms with Gasteiger partial charge in [-0.3, -0.25) is 19.1 Å². The third-order valence-electron chi connectivity index (χ3n) is 4.60. The summed E-state index contributed by atoms with van der Waals surface area (Å²) in [6.07, 6.45) is 1.45. The predicted molar refractivity (Wildman–Crippen MR) is 118 cm³/mol. The van der Waals surface area contributed by atoms with Gasteiger partial charge in [-0.2, -0.15) is 18.8 Å². The zero-order valence-electron chi connectivity index (χ0n) is 17.2. The lowest BCUT2D eigenvalue weighted by Crippen LogP contribution is -2.38. The second-order valence-corrected chi connectivity index (χ2v) is 9.05. The van der Waals surface area contributed by atoms with Gasteiger partial charge in [-0.15, -0.1) is 0 Å². The lowest BCUT2D eigenvalue weighted by Gasteiger charge is -2.25. The molecule has 0 aliphatic carbocycles. The maximum Gasteiger partial charge on any atom is 0.272 e. The Morgan fingerprint density at radius 2 is 2.17 bits per heavy atom. The highest BCUT2D eigenvalue weighted by atomic mass is 32.2. The maximum atomic E-state index is 14.6. The molecular weight excluding hydrogens is 425 g/mol. The lowest BCUT2D eigenvalue weighted by molar-refractivity contribution is -0.119.